The normalized spacial score (nSPS) is 14.8. The molecule has 0 saturated heterocycles. The molecule has 0 spiro atoms. The number of rotatable bonds is 10. The molecule has 0 aromatic carbocycles. The van der Waals surface area contributed by atoms with E-state index in [9.17, 15) is 4.79 Å². The fourth-order valence-corrected chi connectivity index (χ4v) is 2.00. The first-order chi connectivity index (χ1) is 8.95. The molecule has 0 amide bonds. The fourth-order valence-electron chi connectivity index (χ4n) is 2.00. The lowest BCUT2D eigenvalue weighted by Gasteiger charge is -2.11. The quantitative estimate of drug-likeness (QED) is 0.405. The third-order valence-corrected chi connectivity index (χ3v) is 3.20. The van der Waals surface area contributed by atoms with Crippen LogP contribution in [0.4, 0.5) is 0 Å². The first kappa shape index (κ1) is 18.2. The summed E-state index contributed by atoms with van der Waals surface area (Å²) >= 11 is 0. The zero-order valence-corrected chi connectivity index (χ0v) is 13.4. The van der Waals surface area contributed by atoms with Crippen molar-refractivity contribution in [2.45, 2.75) is 79.2 Å². The minimum Gasteiger partial charge on any atom is -0.458 e. The lowest BCUT2D eigenvalue weighted by atomic mass is 9.97. The number of carbonyl (C=O) groups excluding carboxylic acids is 1. The van der Waals surface area contributed by atoms with Gasteiger partial charge in [0.15, 0.2) is 0 Å². The molecule has 2 heteroatoms. The molecule has 0 N–H and O–H groups in total. The smallest absolute Gasteiger partial charge is 0.306 e. The maximum Gasteiger partial charge on any atom is 0.306 e. The van der Waals surface area contributed by atoms with Gasteiger partial charge >= 0.3 is 5.97 Å². The van der Waals surface area contributed by atoms with E-state index in [1.54, 1.807) is 0 Å². The maximum absolute atomic E-state index is 11.3. The first-order valence-electron chi connectivity index (χ1n) is 7.81. The first-order valence-corrected chi connectivity index (χ1v) is 7.81. The molecule has 0 rings (SSSR count). The second kappa shape index (κ2) is 11.1. The maximum atomic E-state index is 11.3. The minimum absolute atomic E-state index is 0.0929. The molecule has 0 aliphatic carbocycles. The van der Waals surface area contributed by atoms with Crippen LogP contribution in [0.25, 0.3) is 0 Å². The van der Waals surface area contributed by atoms with Gasteiger partial charge < -0.3 is 4.74 Å². The molecule has 0 heterocycles. The van der Waals surface area contributed by atoms with Gasteiger partial charge in [-0.3, -0.25) is 4.79 Å². The van der Waals surface area contributed by atoms with Gasteiger partial charge in [-0.1, -0.05) is 53.0 Å². The molecule has 2 nitrogen and oxygen atoms in total. The Morgan fingerprint density at radius 1 is 1.16 bits per heavy atom. The van der Waals surface area contributed by atoms with E-state index in [4.69, 9.17) is 4.74 Å². The Balaban J connectivity index is 3.72. The summed E-state index contributed by atoms with van der Waals surface area (Å²) in [6.45, 7) is 10.8. The summed E-state index contributed by atoms with van der Waals surface area (Å²) in [6, 6.07) is 0. The van der Waals surface area contributed by atoms with Crippen molar-refractivity contribution in [3.63, 3.8) is 0 Å². The zero-order chi connectivity index (χ0) is 14.7. The Labute approximate surface area is 119 Å². The molecule has 0 aliphatic rings. The summed E-state index contributed by atoms with van der Waals surface area (Å²) in [5.41, 5.74) is 0. The van der Waals surface area contributed by atoms with Crippen LogP contribution in [0, 0.1) is 11.8 Å². The lowest BCUT2D eigenvalue weighted by molar-refractivity contribution is -0.146. The summed E-state index contributed by atoms with van der Waals surface area (Å²) in [5.74, 6) is 1.43. The fraction of sp³-hybridized carbons (Fsp3) is 0.824. The second-order valence-electron chi connectivity index (χ2n) is 6.04. The van der Waals surface area contributed by atoms with E-state index in [0.717, 1.165) is 18.8 Å². The molecule has 0 fully saturated rings. The van der Waals surface area contributed by atoms with Crippen molar-refractivity contribution in [2.75, 3.05) is 0 Å². The van der Waals surface area contributed by atoms with Crippen LogP contribution in [0.2, 0.25) is 0 Å². The van der Waals surface area contributed by atoms with Gasteiger partial charge in [0.1, 0.15) is 6.10 Å². The van der Waals surface area contributed by atoms with Crippen molar-refractivity contribution in [3.05, 3.63) is 12.2 Å². The Morgan fingerprint density at radius 2 is 1.84 bits per heavy atom. The summed E-state index contributed by atoms with van der Waals surface area (Å²) in [7, 11) is 0. The van der Waals surface area contributed by atoms with Crippen LogP contribution in [-0.4, -0.2) is 12.1 Å². The van der Waals surface area contributed by atoms with Gasteiger partial charge in [0.25, 0.3) is 0 Å². The predicted molar refractivity (Wildman–Crippen MR) is 82.1 cm³/mol. The highest BCUT2D eigenvalue weighted by Crippen LogP contribution is 2.15. The number of hydrogen-bond acceptors (Lipinski definition) is 2. The van der Waals surface area contributed by atoms with E-state index in [2.05, 4.69) is 26.8 Å². The van der Waals surface area contributed by atoms with Crippen molar-refractivity contribution < 1.29 is 9.53 Å². The topological polar surface area (TPSA) is 26.3 Å². The summed E-state index contributed by atoms with van der Waals surface area (Å²) < 4.78 is 5.26. The van der Waals surface area contributed by atoms with Crippen molar-refractivity contribution in [3.8, 4) is 0 Å². The van der Waals surface area contributed by atoms with E-state index in [-0.39, 0.29) is 12.1 Å². The van der Waals surface area contributed by atoms with Crippen LogP contribution < -0.4 is 0 Å². The van der Waals surface area contributed by atoms with Crippen LogP contribution in [0.15, 0.2) is 12.2 Å². The lowest BCUT2D eigenvalue weighted by Crippen LogP contribution is -2.12. The Morgan fingerprint density at radius 3 is 2.42 bits per heavy atom. The Kier molecular flexibility index (Phi) is 10.6. The molecule has 0 aromatic rings. The third-order valence-electron chi connectivity index (χ3n) is 3.20. The third kappa shape index (κ3) is 12.0. The molecule has 2 atom stereocenters. The molecule has 0 bridgehead atoms. The van der Waals surface area contributed by atoms with E-state index < -0.39 is 0 Å². The van der Waals surface area contributed by atoms with Gasteiger partial charge in [0, 0.05) is 6.42 Å². The van der Waals surface area contributed by atoms with E-state index >= 15 is 0 Å². The molecule has 1 unspecified atom stereocenters. The molecule has 0 aromatic heterocycles. The Hall–Kier alpha value is -0.790. The number of carbonyl (C=O) groups is 1. The molecular weight excluding hydrogens is 236 g/mol. The van der Waals surface area contributed by atoms with Gasteiger partial charge in [-0.15, -0.1) is 0 Å². The molecule has 112 valence electrons. The van der Waals surface area contributed by atoms with Crippen molar-refractivity contribution in [1.29, 1.82) is 0 Å². The highest BCUT2D eigenvalue weighted by atomic mass is 16.5. The van der Waals surface area contributed by atoms with Crippen LogP contribution >= 0.6 is 0 Å². The number of hydrogen-bond donors (Lipinski definition) is 0. The standard InChI is InChI=1S/C17H32O2/c1-6-9-17(18)19-16(5)13-8-12-15(4)11-7-10-14(2)3/h8,13-16H,6-7,9-12H2,1-5H3/b13-8+/t15-,16?/m1/s1. The predicted octanol–water partition coefficient (Wildman–Crippen LogP) is 5.13. The molecule has 0 radical (unpaired) electrons. The molecular formula is C17H32O2. The van der Waals surface area contributed by atoms with Gasteiger partial charge in [-0.2, -0.15) is 0 Å². The highest BCUT2D eigenvalue weighted by Gasteiger charge is 2.05. The summed E-state index contributed by atoms with van der Waals surface area (Å²) in [5, 5.41) is 0. The van der Waals surface area contributed by atoms with Crippen LogP contribution in [0.5, 0.6) is 0 Å². The summed E-state index contributed by atoms with van der Waals surface area (Å²) in [6.07, 6.45) is 10.4. The second-order valence-corrected chi connectivity index (χ2v) is 6.04. The average molecular weight is 268 g/mol. The molecule has 19 heavy (non-hydrogen) atoms. The van der Waals surface area contributed by atoms with Crippen LogP contribution in [0.3, 0.4) is 0 Å². The monoisotopic (exact) mass is 268 g/mol. The number of ether oxygens (including phenoxy) is 1. The van der Waals surface area contributed by atoms with E-state index in [1.807, 2.05) is 19.9 Å². The number of esters is 1. The van der Waals surface area contributed by atoms with Crippen LogP contribution in [-0.2, 0) is 9.53 Å². The van der Waals surface area contributed by atoms with Crippen LogP contribution in [0.1, 0.15) is 73.1 Å². The zero-order valence-electron chi connectivity index (χ0n) is 13.4. The molecule has 0 saturated carbocycles. The minimum atomic E-state index is -0.0954. The van der Waals surface area contributed by atoms with Gasteiger partial charge in [-0.25, -0.2) is 0 Å². The molecule has 0 aliphatic heterocycles. The van der Waals surface area contributed by atoms with Crippen molar-refractivity contribution in [1.82, 2.24) is 0 Å². The largest absolute Gasteiger partial charge is 0.458 e. The van der Waals surface area contributed by atoms with E-state index in [0.29, 0.717) is 12.3 Å². The van der Waals surface area contributed by atoms with Gasteiger partial charge in [0.05, 0.1) is 0 Å². The van der Waals surface area contributed by atoms with Crippen molar-refractivity contribution in [2.24, 2.45) is 11.8 Å². The van der Waals surface area contributed by atoms with E-state index in [1.165, 1.54) is 19.3 Å². The van der Waals surface area contributed by atoms with Gasteiger partial charge in [-0.05, 0) is 37.7 Å². The Bertz CT molecular complexity index is 256. The van der Waals surface area contributed by atoms with Crippen molar-refractivity contribution >= 4 is 5.97 Å². The highest BCUT2D eigenvalue weighted by molar-refractivity contribution is 5.69. The summed E-state index contributed by atoms with van der Waals surface area (Å²) in [4.78, 5) is 11.3. The van der Waals surface area contributed by atoms with Gasteiger partial charge in [0.2, 0.25) is 0 Å². The number of allylic oxidation sites excluding steroid dienone is 1. The average Bonchev–Trinajstić information content (AvgIpc) is 2.28. The SMILES string of the molecule is CCCC(=O)OC(C)/C=C/C[C@H](C)CCCC(C)C.